The second-order valence-electron chi connectivity index (χ2n) is 4.95. The summed E-state index contributed by atoms with van der Waals surface area (Å²) in [4.78, 5) is 11.9. The Hall–Kier alpha value is -2.07. The van der Waals surface area contributed by atoms with Gasteiger partial charge in [-0.05, 0) is 17.9 Å². The molecule has 22 heavy (non-hydrogen) atoms. The van der Waals surface area contributed by atoms with E-state index in [1.54, 1.807) is 11.8 Å². The lowest BCUT2D eigenvalue weighted by atomic mass is 10.2. The van der Waals surface area contributed by atoms with Crippen LogP contribution in [0.15, 0.2) is 70.6 Å². The van der Waals surface area contributed by atoms with Crippen LogP contribution >= 0.6 is 11.8 Å². The van der Waals surface area contributed by atoms with Crippen LogP contribution in [0, 0.1) is 0 Å². The molecule has 112 valence electrons. The molecule has 1 fully saturated rings. The number of hydrogen-bond donors (Lipinski definition) is 0. The highest BCUT2D eigenvalue weighted by atomic mass is 32.2. The SMILES string of the molecule is CCSC(=NC(=Nc1ccccc1)c1ccccc1)N1CC1. The molecule has 0 unspecified atom stereocenters. The summed E-state index contributed by atoms with van der Waals surface area (Å²) >= 11 is 1.78. The van der Waals surface area contributed by atoms with Crippen molar-refractivity contribution in [1.82, 2.24) is 4.90 Å². The maximum absolute atomic E-state index is 4.85. The van der Waals surface area contributed by atoms with Crippen molar-refractivity contribution in [2.75, 3.05) is 18.8 Å². The van der Waals surface area contributed by atoms with Gasteiger partial charge in [0, 0.05) is 18.7 Å². The molecule has 1 aliphatic heterocycles. The molecule has 1 saturated heterocycles. The number of benzene rings is 2. The van der Waals surface area contributed by atoms with Gasteiger partial charge in [-0.15, -0.1) is 0 Å². The first kappa shape index (κ1) is 14.9. The molecular weight excluding hydrogens is 290 g/mol. The third-order valence-corrected chi connectivity index (χ3v) is 4.11. The Morgan fingerprint density at radius 2 is 1.64 bits per heavy atom. The van der Waals surface area contributed by atoms with Crippen molar-refractivity contribution >= 4 is 28.5 Å². The molecule has 1 aliphatic rings. The van der Waals surface area contributed by atoms with Gasteiger partial charge in [-0.25, -0.2) is 9.98 Å². The molecule has 0 amide bonds. The Labute approximate surface area is 135 Å². The number of thioether (sulfide) groups is 1. The van der Waals surface area contributed by atoms with Gasteiger partial charge in [0.2, 0.25) is 0 Å². The Morgan fingerprint density at radius 1 is 1.00 bits per heavy atom. The molecule has 3 rings (SSSR count). The van der Waals surface area contributed by atoms with Gasteiger partial charge in [0.25, 0.3) is 0 Å². The second kappa shape index (κ2) is 7.27. The lowest BCUT2D eigenvalue weighted by molar-refractivity contribution is 0.867. The molecule has 2 aromatic rings. The van der Waals surface area contributed by atoms with Crippen LogP contribution in [0.1, 0.15) is 12.5 Å². The van der Waals surface area contributed by atoms with E-state index in [1.165, 1.54) is 0 Å². The third-order valence-electron chi connectivity index (χ3n) is 3.22. The summed E-state index contributed by atoms with van der Waals surface area (Å²) < 4.78 is 0. The minimum absolute atomic E-state index is 0.773. The minimum Gasteiger partial charge on any atom is -0.348 e. The number of aliphatic imine (C=N–C) groups is 2. The molecule has 0 atom stereocenters. The van der Waals surface area contributed by atoms with E-state index in [0.717, 1.165) is 41.1 Å². The van der Waals surface area contributed by atoms with E-state index in [9.17, 15) is 0 Å². The molecule has 0 radical (unpaired) electrons. The van der Waals surface area contributed by atoms with Crippen molar-refractivity contribution in [2.24, 2.45) is 9.98 Å². The predicted molar refractivity (Wildman–Crippen MR) is 96.2 cm³/mol. The van der Waals surface area contributed by atoms with E-state index in [4.69, 9.17) is 9.98 Å². The van der Waals surface area contributed by atoms with E-state index in [0.29, 0.717) is 0 Å². The van der Waals surface area contributed by atoms with E-state index in [1.807, 2.05) is 48.5 Å². The van der Waals surface area contributed by atoms with Crippen LogP contribution < -0.4 is 0 Å². The molecule has 3 nitrogen and oxygen atoms in total. The highest BCUT2D eigenvalue weighted by Gasteiger charge is 2.22. The van der Waals surface area contributed by atoms with E-state index in [2.05, 4.69) is 24.0 Å². The van der Waals surface area contributed by atoms with Gasteiger partial charge in [-0.3, -0.25) is 0 Å². The largest absolute Gasteiger partial charge is 0.348 e. The molecular formula is C18H19N3S. The van der Waals surface area contributed by atoms with Crippen molar-refractivity contribution in [3.05, 3.63) is 66.2 Å². The topological polar surface area (TPSA) is 27.7 Å². The van der Waals surface area contributed by atoms with Crippen molar-refractivity contribution in [2.45, 2.75) is 6.92 Å². The molecule has 0 spiro atoms. The number of para-hydroxylation sites is 1. The first-order valence-corrected chi connectivity index (χ1v) is 8.51. The Bertz CT molecular complexity index is 661. The summed E-state index contributed by atoms with van der Waals surface area (Å²) in [5, 5.41) is 1.07. The lowest BCUT2D eigenvalue weighted by Gasteiger charge is -2.08. The zero-order valence-electron chi connectivity index (χ0n) is 12.6. The molecule has 2 aromatic carbocycles. The highest BCUT2D eigenvalue weighted by Crippen LogP contribution is 2.19. The summed E-state index contributed by atoms with van der Waals surface area (Å²) in [6.07, 6.45) is 0. The van der Waals surface area contributed by atoms with Gasteiger partial charge in [0.1, 0.15) is 0 Å². The fraction of sp³-hybridized carbons (Fsp3) is 0.222. The molecule has 4 heteroatoms. The molecule has 1 heterocycles. The van der Waals surface area contributed by atoms with Gasteiger partial charge in [-0.1, -0.05) is 67.2 Å². The number of amidine groups is 2. The van der Waals surface area contributed by atoms with Gasteiger partial charge in [0.15, 0.2) is 11.0 Å². The summed E-state index contributed by atoms with van der Waals surface area (Å²) in [6, 6.07) is 20.2. The average molecular weight is 309 g/mol. The first-order valence-electron chi connectivity index (χ1n) is 7.52. The quantitative estimate of drug-likeness (QED) is 0.483. The molecule has 0 aromatic heterocycles. The van der Waals surface area contributed by atoms with Crippen LogP contribution in [0.25, 0.3) is 0 Å². The van der Waals surface area contributed by atoms with Crippen LogP contribution in [-0.4, -0.2) is 34.7 Å². The minimum atomic E-state index is 0.773. The normalized spacial score (nSPS) is 15.0. The van der Waals surface area contributed by atoms with Crippen molar-refractivity contribution in [3.63, 3.8) is 0 Å². The van der Waals surface area contributed by atoms with Crippen molar-refractivity contribution in [3.8, 4) is 0 Å². The van der Waals surface area contributed by atoms with Gasteiger partial charge < -0.3 is 4.90 Å². The summed E-state index contributed by atoms with van der Waals surface area (Å²) in [6.45, 7) is 4.35. The fourth-order valence-electron chi connectivity index (χ4n) is 2.02. The fourth-order valence-corrected chi connectivity index (χ4v) is 2.80. The van der Waals surface area contributed by atoms with E-state index < -0.39 is 0 Å². The Balaban J connectivity index is 1.99. The highest BCUT2D eigenvalue weighted by molar-refractivity contribution is 8.13. The summed E-state index contributed by atoms with van der Waals surface area (Å²) in [7, 11) is 0. The number of rotatable bonds is 3. The zero-order chi connectivity index (χ0) is 15.2. The van der Waals surface area contributed by atoms with Gasteiger partial charge >= 0.3 is 0 Å². The van der Waals surface area contributed by atoms with Crippen molar-refractivity contribution < 1.29 is 0 Å². The van der Waals surface area contributed by atoms with Crippen LogP contribution in [-0.2, 0) is 0 Å². The third kappa shape index (κ3) is 3.98. The van der Waals surface area contributed by atoms with E-state index >= 15 is 0 Å². The summed E-state index contributed by atoms with van der Waals surface area (Å²) in [5.41, 5.74) is 1.97. The number of nitrogens with zero attached hydrogens (tertiary/aromatic N) is 3. The smallest absolute Gasteiger partial charge is 0.166 e. The Kier molecular flexibility index (Phi) is 4.91. The second-order valence-corrected chi connectivity index (χ2v) is 6.18. The molecule has 0 aliphatic carbocycles. The van der Waals surface area contributed by atoms with Crippen molar-refractivity contribution in [1.29, 1.82) is 0 Å². The van der Waals surface area contributed by atoms with Gasteiger partial charge in [-0.2, -0.15) is 0 Å². The summed E-state index contributed by atoms with van der Waals surface area (Å²) in [5.74, 6) is 1.79. The van der Waals surface area contributed by atoms with Crippen LogP contribution in [0.5, 0.6) is 0 Å². The van der Waals surface area contributed by atoms with E-state index in [-0.39, 0.29) is 0 Å². The molecule has 0 bridgehead atoms. The average Bonchev–Trinajstić information content (AvgIpc) is 3.40. The zero-order valence-corrected chi connectivity index (χ0v) is 13.5. The standard InChI is InChI=1S/C18H19N3S/c1-2-22-18(21-13-14-21)20-17(15-9-5-3-6-10-15)19-16-11-7-4-8-12-16/h3-12H,2,13-14H2,1H3. The van der Waals surface area contributed by atoms with Crippen LogP contribution in [0.4, 0.5) is 5.69 Å². The van der Waals surface area contributed by atoms with Gasteiger partial charge in [0.05, 0.1) is 5.69 Å². The predicted octanol–water partition coefficient (Wildman–Crippen LogP) is 4.19. The molecule has 0 saturated carbocycles. The first-order chi connectivity index (χ1) is 10.9. The van der Waals surface area contributed by atoms with Crippen LogP contribution in [0.3, 0.4) is 0 Å². The van der Waals surface area contributed by atoms with Crippen LogP contribution in [0.2, 0.25) is 0 Å². The maximum Gasteiger partial charge on any atom is 0.166 e. The number of hydrogen-bond acceptors (Lipinski definition) is 2. The maximum atomic E-state index is 4.85. The monoisotopic (exact) mass is 309 g/mol. The Morgan fingerprint density at radius 3 is 2.23 bits per heavy atom. The lowest BCUT2D eigenvalue weighted by Crippen LogP contribution is -2.10. The molecule has 0 N–H and O–H groups in total.